The van der Waals surface area contributed by atoms with Gasteiger partial charge in [0.1, 0.15) is 13.2 Å². The zero-order chi connectivity index (χ0) is 37.9. The monoisotopic (exact) mass is 738 g/mol. The Morgan fingerprint density at radius 2 is 1.20 bits per heavy atom. The van der Waals surface area contributed by atoms with Gasteiger partial charge in [0.05, 0.1) is 39.9 Å². The summed E-state index contributed by atoms with van der Waals surface area (Å²) in [5.41, 5.74) is 0. The molecular formula is C42H78N2O6P+. The van der Waals surface area contributed by atoms with E-state index in [1.54, 1.807) is 6.08 Å². The molecule has 0 spiro atoms. The molecule has 0 fully saturated rings. The lowest BCUT2D eigenvalue weighted by Crippen LogP contribution is -2.45. The number of nitrogens with one attached hydrogen (secondary N) is 1. The van der Waals surface area contributed by atoms with Gasteiger partial charge >= 0.3 is 7.82 Å². The quantitative estimate of drug-likeness (QED) is 0.0259. The van der Waals surface area contributed by atoms with E-state index >= 15 is 0 Å². The summed E-state index contributed by atoms with van der Waals surface area (Å²) >= 11 is 0. The standard InChI is InChI=1S/C42H77N2O6P/c1-6-8-10-12-14-16-18-19-20-21-22-23-24-25-26-28-30-32-34-36-42(46)43-40(39-50-51(47,48)49-38-37-44(3,4)5)41(45)35-33-31-29-27-17-15-13-11-9-7-2/h9,11,14,16-17,19-20,27,33,35,40-41,45H,6-8,10,12-13,15,18,21-26,28-32,34,36-39H2,1-5H3,(H-,43,46,47,48)/p+1/b11-9+,16-14-,20-19-,27-17+,35-33+. The van der Waals surface area contributed by atoms with Gasteiger partial charge in [-0.05, 0) is 70.6 Å². The van der Waals surface area contributed by atoms with Crippen LogP contribution in [0.1, 0.15) is 149 Å². The van der Waals surface area contributed by atoms with Gasteiger partial charge in [0.2, 0.25) is 5.91 Å². The first kappa shape index (κ1) is 49.2. The number of aliphatic hydroxyl groups excluding tert-OH is 1. The fourth-order valence-electron chi connectivity index (χ4n) is 5.23. The van der Waals surface area contributed by atoms with Crippen molar-refractivity contribution in [1.82, 2.24) is 5.32 Å². The molecular weight excluding hydrogens is 659 g/mol. The highest BCUT2D eigenvalue weighted by Gasteiger charge is 2.27. The molecule has 3 N–H and O–H groups in total. The fraction of sp³-hybridized carbons (Fsp3) is 0.738. The van der Waals surface area contributed by atoms with E-state index in [1.807, 2.05) is 27.2 Å². The van der Waals surface area contributed by atoms with Crippen molar-refractivity contribution in [3.8, 4) is 0 Å². The van der Waals surface area contributed by atoms with Crippen LogP contribution in [0.4, 0.5) is 0 Å². The number of nitrogens with zero attached hydrogens (tertiary/aromatic N) is 1. The number of aliphatic hydroxyl groups is 1. The summed E-state index contributed by atoms with van der Waals surface area (Å²) in [7, 11) is 1.53. The van der Waals surface area contributed by atoms with E-state index < -0.39 is 20.0 Å². The van der Waals surface area contributed by atoms with Gasteiger partial charge < -0.3 is 19.8 Å². The Kier molecular flexibility index (Phi) is 32.8. The molecule has 0 aliphatic rings. The molecule has 296 valence electrons. The summed E-state index contributed by atoms with van der Waals surface area (Å²) < 4.78 is 23.4. The summed E-state index contributed by atoms with van der Waals surface area (Å²) in [5, 5.41) is 13.7. The van der Waals surface area contributed by atoms with Crippen molar-refractivity contribution >= 4 is 13.7 Å². The Morgan fingerprint density at radius 1 is 0.686 bits per heavy atom. The van der Waals surface area contributed by atoms with E-state index in [2.05, 4.69) is 67.8 Å². The molecule has 3 unspecified atom stereocenters. The molecule has 0 saturated heterocycles. The molecule has 0 aromatic heterocycles. The number of carbonyl (C=O) groups excluding carboxylic acids is 1. The second-order valence-electron chi connectivity index (χ2n) is 14.6. The average Bonchev–Trinajstić information content (AvgIpc) is 3.07. The molecule has 9 heteroatoms. The number of amides is 1. The van der Waals surface area contributed by atoms with Crippen molar-refractivity contribution in [3.05, 3.63) is 60.8 Å². The number of hydrogen-bond acceptors (Lipinski definition) is 5. The van der Waals surface area contributed by atoms with Gasteiger partial charge in [-0.1, -0.05) is 132 Å². The fourth-order valence-corrected chi connectivity index (χ4v) is 5.96. The lowest BCUT2D eigenvalue weighted by Gasteiger charge is -2.25. The van der Waals surface area contributed by atoms with Gasteiger partial charge in [-0.3, -0.25) is 13.8 Å². The first-order valence-corrected chi connectivity index (χ1v) is 21.7. The van der Waals surface area contributed by atoms with E-state index in [-0.39, 0.29) is 19.1 Å². The molecule has 0 bridgehead atoms. The molecule has 0 aliphatic heterocycles. The number of quaternary nitrogens is 1. The predicted molar refractivity (Wildman–Crippen MR) is 217 cm³/mol. The normalized spacial score (nSPS) is 15.2. The van der Waals surface area contributed by atoms with E-state index in [0.717, 1.165) is 57.8 Å². The van der Waals surface area contributed by atoms with Crippen LogP contribution in [0, 0.1) is 0 Å². The maximum absolute atomic E-state index is 12.8. The van der Waals surface area contributed by atoms with Gasteiger partial charge in [-0.15, -0.1) is 0 Å². The maximum Gasteiger partial charge on any atom is 0.472 e. The lowest BCUT2D eigenvalue weighted by atomic mass is 10.1. The van der Waals surface area contributed by atoms with Gasteiger partial charge in [-0.25, -0.2) is 4.57 Å². The van der Waals surface area contributed by atoms with E-state index in [9.17, 15) is 19.4 Å². The summed E-state index contributed by atoms with van der Waals surface area (Å²) in [5.74, 6) is -0.202. The zero-order valence-corrected chi connectivity index (χ0v) is 34.2. The van der Waals surface area contributed by atoms with Crippen molar-refractivity contribution in [3.63, 3.8) is 0 Å². The van der Waals surface area contributed by atoms with E-state index in [0.29, 0.717) is 17.4 Å². The van der Waals surface area contributed by atoms with Crippen molar-refractivity contribution in [1.29, 1.82) is 0 Å². The molecule has 0 heterocycles. The van der Waals surface area contributed by atoms with Crippen LogP contribution >= 0.6 is 7.82 Å². The highest BCUT2D eigenvalue weighted by atomic mass is 31.2. The number of unbranched alkanes of at least 4 members (excludes halogenated alkanes) is 14. The van der Waals surface area contributed by atoms with E-state index in [4.69, 9.17) is 9.05 Å². The largest absolute Gasteiger partial charge is 0.472 e. The van der Waals surface area contributed by atoms with Crippen molar-refractivity contribution < 1.29 is 32.9 Å². The third-order valence-electron chi connectivity index (χ3n) is 8.45. The predicted octanol–water partition coefficient (Wildman–Crippen LogP) is 10.7. The second-order valence-corrected chi connectivity index (χ2v) is 16.1. The highest BCUT2D eigenvalue weighted by Crippen LogP contribution is 2.43. The Morgan fingerprint density at radius 3 is 1.76 bits per heavy atom. The summed E-state index contributed by atoms with van der Waals surface area (Å²) in [6.07, 6.45) is 43.0. The Labute approximate surface area is 313 Å². The van der Waals surface area contributed by atoms with Crippen LogP contribution < -0.4 is 5.32 Å². The molecule has 0 aromatic carbocycles. The van der Waals surface area contributed by atoms with Crippen molar-refractivity contribution in [2.75, 3.05) is 40.9 Å². The van der Waals surface area contributed by atoms with E-state index in [1.165, 1.54) is 70.6 Å². The molecule has 0 rings (SSSR count). The molecule has 1 amide bonds. The number of likely N-dealkylation sites (N-methyl/N-ethyl adjacent to an activating group) is 1. The van der Waals surface area contributed by atoms with Gasteiger partial charge in [-0.2, -0.15) is 0 Å². The average molecular weight is 738 g/mol. The van der Waals surface area contributed by atoms with Gasteiger partial charge in [0.15, 0.2) is 0 Å². The SMILES string of the molecule is CC/C=C/CC/C=C/CC/C=C/C(O)C(COP(=O)(O)OCC[N+](C)(C)C)NC(=O)CCCCCCCCCCC/C=C\C/C=C\CCCCC. The lowest BCUT2D eigenvalue weighted by molar-refractivity contribution is -0.870. The highest BCUT2D eigenvalue weighted by molar-refractivity contribution is 7.47. The molecule has 51 heavy (non-hydrogen) atoms. The first-order valence-electron chi connectivity index (χ1n) is 20.2. The van der Waals surface area contributed by atoms with Crippen LogP contribution in [0.3, 0.4) is 0 Å². The molecule has 8 nitrogen and oxygen atoms in total. The Balaban J connectivity index is 4.44. The molecule has 0 radical (unpaired) electrons. The number of hydrogen-bond donors (Lipinski definition) is 3. The number of carbonyl (C=O) groups is 1. The van der Waals surface area contributed by atoms with Gasteiger partial charge in [0.25, 0.3) is 0 Å². The van der Waals surface area contributed by atoms with Crippen molar-refractivity contribution in [2.24, 2.45) is 0 Å². The van der Waals surface area contributed by atoms with Crippen LogP contribution in [-0.4, -0.2) is 73.4 Å². The molecule has 0 aromatic rings. The first-order chi connectivity index (χ1) is 24.5. The summed E-state index contributed by atoms with van der Waals surface area (Å²) in [6.45, 7) is 4.60. The second kappa shape index (κ2) is 34.0. The Bertz CT molecular complexity index is 1020. The Hall–Kier alpha value is -1.80. The number of phosphoric acid groups is 1. The summed E-state index contributed by atoms with van der Waals surface area (Å²) in [4.78, 5) is 23.0. The third-order valence-corrected chi connectivity index (χ3v) is 9.43. The smallest absolute Gasteiger partial charge is 0.387 e. The van der Waals surface area contributed by atoms with Crippen LogP contribution in [0.5, 0.6) is 0 Å². The van der Waals surface area contributed by atoms with Crippen LogP contribution in [-0.2, 0) is 18.4 Å². The van der Waals surface area contributed by atoms with Crippen LogP contribution in [0.15, 0.2) is 60.8 Å². The number of allylic oxidation sites excluding steroid dienone is 9. The topological polar surface area (TPSA) is 105 Å². The number of rotatable bonds is 35. The molecule has 3 atom stereocenters. The van der Waals surface area contributed by atoms with Crippen LogP contribution in [0.2, 0.25) is 0 Å². The maximum atomic E-state index is 12.8. The summed E-state index contributed by atoms with van der Waals surface area (Å²) in [6, 6.07) is -0.871. The molecule has 0 aliphatic carbocycles. The minimum atomic E-state index is -4.34. The third kappa shape index (κ3) is 36.4. The van der Waals surface area contributed by atoms with Crippen molar-refractivity contribution in [2.45, 2.75) is 161 Å². The van der Waals surface area contributed by atoms with Crippen LogP contribution in [0.25, 0.3) is 0 Å². The number of phosphoric ester groups is 1. The van der Waals surface area contributed by atoms with Gasteiger partial charge in [0, 0.05) is 6.42 Å². The zero-order valence-electron chi connectivity index (χ0n) is 33.3. The molecule has 0 saturated carbocycles. The minimum Gasteiger partial charge on any atom is -0.387 e. The minimum absolute atomic E-state index is 0.0499.